The van der Waals surface area contributed by atoms with Gasteiger partial charge in [-0.1, -0.05) is 57.2 Å². The second-order valence-corrected chi connectivity index (χ2v) is 5.75. The highest BCUT2D eigenvalue weighted by molar-refractivity contribution is 5.40. The molecular formula is C19H24O2. The highest BCUT2D eigenvalue weighted by Crippen LogP contribution is 2.32. The molecule has 2 aromatic rings. The molecule has 0 aromatic heterocycles. The first-order valence-corrected chi connectivity index (χ1v) is 7.39. The molecule has 0 saturated carbocycles. The van der Waals surface area contributed by atoms with Crippen molar-refractivity contribution < 1.29 is 9.47 Å². The van der Waals surface area contributed by atoms with Crippen molar-refractivity contribution in [2.75, 3.05) is 13.9 Å². The Morgan fingerprint density at radius 1 is 0.857 bits per heavy atom. The molecular weight excluding hydrogens is 260 g/mol. The first kappa shape index (κ1) is 15.6. The van der Waals surface area contributed by atoms with E-state index in [2.05, 4.69) is 57.2 Å². The van der Waals surface area contributed by atoms with Gasteiger partial charge in [-0.2, -0.15) is 0 Å². The van der Waals surface area contributed by atoms with Crippen molar-refractivity contribution in [3.05, 3.63) is 65.2 Å². The fourth-order valence-electron chi connectivity index (χ4n) is 2.42. The van der Waals surface area contributed by atoms with Crippen LogP contribution >= 0.6 is 0 Å². The zero-order valence-corrected chi connectivity index (χ0v) is 13.3. The van der Waals surface area contributed by atoms with Gasteiger partial charge in [-0.25, -0.2) is 0 Å². The second kappa shape index (κ2) is 6.77. The van der Waals surface area contributed by atoms with Crippen LogP contribution in [0.2, 0.25) is 0 Å². The Hall–Kier alpha value is -1.80. The molecule has 21 heavy (non-hydrogen) atoms. The Bertz CT molecular complexity index is 553. The maximum Gasteiger partial charge on any atom is 0.188 e. The monoisotopic (exact) mass is 284 g/mol. The van der Waals surface area contributed by atoms with E-state index < -0.39 is 0 Å². The summed E-state index contributed by atoms with van der Waals surface area (Å²) in [5.74, 6) is 0.831. The Kier molecular flexibility index (Phi) is 5.03. The quantitative estimate of drug-likeness (QED) is 0.724. The number of ether oxygens (including phenoxy) is 2. The van der Waals surface area contributed by atoms with Crippen LogP contribution in [0.15, 0.2) is 48.5 Å². The fraction of sp³-hybridized carbons (Fsp3) is 0.368. The lowest BCUT2D eigenvalue weighted by molar-refractivity contribution is 0.0511. The lowest BCUT2D eigenvalue weighted by Gasteiger charge is -2.26. The van der Waals surface area contributed by atoms with Gasteiger partial charge < -0.3 is 9.47 Å². The molecule has 0 aliphatic heterocycles. The summed E-state index contributed by atoms with van der Waals surface area (Å²) in [6.07, 6.45) is 1.08. The lowest BCUT2D eigenvalue weighted by atomic mass is 9.78. The number of methoxy groups -OCH3 is 1. The van der Waals surface area contributed by atoms with Crippen molar-refractivity contribution in [2.45, 2.75) is 32.6 Å². The minimum absolute atomic E-state index is 0.0218. The topological polar surface area (TPSA) is 18.5 Å². The number of hydrogen-bond donors (Lipinski definition) is 0. The van der Waals surface area contributed by atoms with E-state index in [4.69, 9.17) is 9.47 Å². The number of hydrogen-bond acceptors (Lipinski definition) is 2. The maximum absolute atomic E-state index is 5.44. The Morgan fingerprint density at radius 3 is 1.86 bits per heavy atom. The zero-order chi connectivity index (χ0) is 15.3. The van der Waals surface area contributed by atoms with E-state index in [9.17, 15) is 0 Å². The SMILES string of the molecule is CCc1ccc(C(C)(C)c2ccc(OCOC)cc2)cc1. The smallest absolute Gasteiger partial charge is 0.188 e. The van der Waals surface area contributed by atoms with Crippen LogP contribution in [-0.2, 0) is 16.6 Å². The van der Waals surface area contributed by atoms with Crippen molar-refractivity contribution in [3.63, 3.8) is 0 Å². The van der Waals surface area contributed by atoms with Crippen LogP contribution < -0.4 is 4.74 Å². The summed E-state index contributed by atoms with van der Waals surface area (Å²) in [4.78, 5) is 0. The van der Waals surface area contributed by atoms with E-state index >= 15 is 0 Å². The van der Waals surface area contributed by atoms with Gasteiger partial charge in [0.05, 0.1) is 0 Å². The van der Waals surface area contributed by atoms with Gasteiger partial charge in [0.1, 0.15) is 5.75 Å². The molecule has 0 atom stereocenters. The van der Waals surface area contributed by atoms with Crippen molar-refractivity contribution in [2.24, 2.45) is 0 Å². The summed E-state index contributed by atoms with van der Waals surface area (Å²) in [6, 6.07) is 17.1. The molecule has 2 heteroatoms. The molecule has 0 radical (unpaired) electrons. The average Bonchev–Trinajstić information content (AvgIpc) is 2.53. The van der Waals surface area contributed by atoms with Gasteiger partial charge in [-0.3, -0.25) is 0 Å². The molecule has 2 rings (SSSR count). The van der Waals surface area contributed by atoms with Gasteiger partial charge in [0, 0.05) is 12.5 Å². The van der Waals surface area contributed by atoms with Gasteiger partial charge in [-0.15, -0.1) is 0 Å². The van der Waals surface area contributed by atoms with Gasteiger partial charge in [0.15, 0.2) is 6.79 Å². The summed E-state index contributed by atoms with van der Waals surface area (Å²) in [5, 5.41) is 0. The Morgan fingerprint density at radius 2 is 1.38 bits per heavy atom. The van der Waals surface area contributed by atoms with E-state index in [-0.39, 0.29) is 12.2 Å². The third-order valence-electron chi connectivity index (χ3n) is 4.00. The number of benzene rings is 2. The van der Waals surface area contributed by atoms with Crippen LogP contribution in [0.3, 0.4) is 0 Å². The van der Waals surface area contributed by atoms with E-state index in [0.29, 0.717) is 0 Å². The molecule has 0 heterocycles. The molecule has 0 aliphatic rings. The van der Waals surface area contributed by atoms with E-state index in [1.807, 2.05) is 12.1 Å². The second-order valence-electron chi connectivity index (χ2n) is 5.75. The van der Waals surface area contributed by atoms with Gasteiger partial charge in [0.2, 0.25) is 0 Å². The summed E-state index contributed by atoms with van der Waals surface area (Å²) in [6.45, 7) is 6.96. The van der Waals surface area contributed by atoms with Gasteiger partial charge in [0.25, 0.3) is 0 Å². The van der Waals surface area contributed by atoms with Crippen LogP contribution in [0, 0.1) is 0 Å². The lowest BCUT2D eigenvalue weighted by Crippen LogP contribution is -2.18. The molecule has 0 aliphatic carbocycles. The standard InChI is InChI=1S/C19H24O2/c1-5-15-6-8-16(9-7-15)19(2,3)17-10-12-18(13-11-17)21-14-20-4/h6-13H,5,14H2,1-4H3. The molecule has 0 amide bonds. The molecule has 2 aromatic carbocycles. The fourth-order valence-corrected chi connectivity index (χ4v) is 2.42. The summed E-state index contributed by atoms with van der Waals surface area (Å²) in [7, 11) is 1.62. The van der Waals surface area contributed by atoms with Crippen molar-refractivity contribution >= 4 is 0 Å². The third-order valence-corrected chi connectivity index (χ3v) is 4.00. The summed E-state index contributed by atoms with van der Waals surface area (Å²) in [5.41, 5.74) is 3.95. The van der Waals surface area contributed by atoms with E-state index in [1.54, 1.807) is 7.11 Å². The highest BCUT2D eigenvalue weighted by atomic mass is 16.7. The van der Waals surface area contributed by atoms with Crippen LogP contribution in [-0.4, -0.2) is 13.9 Å². The number of rotatable bonds is 6. The molecule has 112 valence electrons. The van der Waals surface area contributed by atoms with Crippen LogP contribution in [0.4, 0.5) is 0 Å². The van der Waals surface area contributed by atoms with Crippen molar-refractivity contribution in [3.8, 4) is 5.75 Å². The molecule has 0 unspecified atom stereocenters. The van der Waals surface area contributed by atoms with Crippen molar-refractivity contribution in [1.82, 2.24) is 0 Å². The molecule has 0 N–H and O–H groups in total. The highest BCUT2D eigenvalue weighted by Gasteiger charge is 2.22. The maximum atomic E-state index is 5.44. The summed E-state index contributed by atoms with van der Waals surface area (Å²) >= 11 is 0. The Balaban J connectivity index is 2.21. The minimum atomic E-state index is -0.0218. The molecule has 2 nitrogen and oxygen atoms in total. The van der Waals surface area contributed by atoms with Gasteiger partial charge >= 0.3 is 0 Å². The Labute approximate surface area is 127 Å². The minimum Gasteiger partial charge on any atom is -0.468 e. The predicted molar refractivity (Wildman–Crippen MR) is 86.9 cm³/mol. The third kappa shape index (κ3) is 3.64. The van der Waals surface area contributed by atoms with Crippen LogP contribution in [0.5, 0.6) is 5.75 Å². The van der Waals surface area contributed by atoms with Gasteiger partial charge in [-0.05, 0) is 35.2 Å². The van der Waals surface area contributed by atoms with Crippen molar-refractivity contribution in [1.29, 1.82) is 0 Å². The predicted octanol–water partition coefficient (Wildman–Crippen LogP) is 4.56. The largest absolute Gasteiger partial charge is 0.468 e. The average molecular weight is 284 g/mol. The van der Waals surface area contributed by atoms with Crippen LogP contribution in [0.25, 0.3) is 0 Å². The number of aryl methyl sites for hydroxylation is 1. The first-order chi connectivity index (χ1) is 10.1. The van der Waals surface area contributed by atoms with E-state index in [1.165, 1.54) is 16.7 Å². The van der Waals surface area contributed by atoms with Crippen LogP contribution in [0.1, 0.15) is 37.5 Å². The van der Waals surface area contributed by atoms with E-state index in [0.717, 1.165) is 12.2 Å². The molecule has 0 bridgehead atoms. The molecule has 0 spiro atoms. The normalized spacial score (nSPS) is 11.4. The first-order valence-electron chi connectivity index (χ1n) is 7.39. The zero-order valence-electron chi connectivity index (χ0n) is 13.3. The molecule has 0 fully saturated rings. The summed E-state index contributed by atoms with van der Waals surface area (Å²) < 4.78 is 10.3. The molecule has 0 saturated heterocycles.